The number of carbonyl (C=O) groups excluding carboxylic acids is 1. The van der Waals surface area contributed by atoms with Crippen LogP contribution >= 0.6 is 24.0 Å². The summed E-state index contributed by atoms with van der Waals surface area (Å²) in [5.41, 5.74) is 4.87. The zero-order valence-electron chi connectivity index (χ0n) is 18.6. The third-order valence-corrected chi connectivity index (χ3v) is 5.21. The zero-order valence-corrected chi connectivity index (χ0v) is 20.9. The molecule has 0 radical (unpaired) electrons. The van der Waals surface area contributed by atoms with E-state index in [9.17, 15) is 4.79 Å². The van der Waals surface area contributed by atoms with Gasteiger partial charge in [0.05, 0.1) is 6.04 Å². The Morgan fingerprint density at radius 1 is 1.13 bits per heavy atom. The molecule has 3 aromatic rings. The van der Waals surface area contributed by atoms with E-state index in [4.69, 9.17) is 0 Å². The van der Waals surface area contributed by atoms with Crippen molar-refractivity contribution < 1.29 is 4.79 Å². The molecule has 1 atom stereocenters. The summed E-state index contributed by atoms with van der Waals surface area (Å²) >= 11 is 0. The maximum Gasteiger partial charge on any atom is 0.243 e. The molecule has 0 aliphatic heterocycles. The van der Waals surface area contributed by atoms with E-state index in [-0.39, 0.29) is 42.5 Å². The van der Waals surface area contributed by atoms with E-state index in [1.165, 1.54) is 16.5 Å². The van der Waals surface area contributed by atoms with Gasteiger partial charge in [-0.3, -0.25) is 4.79 Å². The summed E-state index contributed by atoms with van der Waals surface area (Å²) < 4.78 is 0. The van der Waals surface area contributed by atoms with Gasteiger partial charge in [0.1, 0.15) is 6.54 Å². The molecule has 1 unspecified atom stereocenters. The number of rotatable bonds is 7. The highest BCUT2D eigenvalue weighted by atomic mass is 127. The Labute approximate surface area is 201 Å². The summed E-state index contributed by atoms with van der Waals surface area (Å²) in [4.78, 5) is 21.4. The molecule has 0 aliphatic rings. The SMILES string of the molecule is Cc1cccc2[nH]cc(CCNC(=NCC(=O)N(C)C)NC(C)c3ccccc3)c12.I. The first-order valence-electron chi connectivity index (χ1n) is 10.3. The largest absolute Gasteiger partial charge is 0.361 e. The second-order valence-corrected chi connectivity index (χ2v) is 7.72. The number of nitrogens with one attached hydrogen (secondary N) is 3. The molecule has 0 saturated carbocycles. The lowest BCUT2D eigenvalue weighted by atomic mass is 10.1. The molecule has 0 fully saturated rings. The van der Waals surface area contributed by atoms with Crippen molar-refractivity contribution in [2.24, 2.45) is 4.99 Å². The molecule has 0 spiro atoms. The summed E-state index contributed by atoms with van der Waals surface area (Å²) in [5, 5.41) is 8.09. The first kappa shape index (κ1) is 24.7. The zero-order chi connectivity index (χ0) is 21.5. The highest BCUT2D eigenvalue weighted by Crippen LogP contribution is 2.22. The first-order chi connectivity index (χ1) is 14.5. The molecular formula is C24H32IN5O. The number of nitrogens with zero attached hydrogens (tertiary/aromatic N) is 2. The second-order valence-electron chi connectivity index (χ2n) is 7.72. The van der Waals surface area contributed by atoms with Gasteiger partial charge in [-0.15, -0.1) is 24.0 Å². The number of likely N-dealkylation sites (N-methyl/N-ethyl adjacent to an activating group) is 1. The highest BCUT2D eigenvalue weighted by molar-refractivity contribution is 14.0. The molecule has 0 aliphatic carbocycles. The standard InChI is InChI=1S/C24H31N5O.HI/c1-17-9-8-12-21-23(17)20(15-26-21)13-14-25-24(27-16-22(30)29(3)4)28-18(2)19-10-6-5-7-11-19;/h5-12,15,18,26H,13-14,16H2,1-4H3,(H2,25,27,28);1H. The van der Waals surface area contributed by atoms with Gasteiger partial charge in [-0.2, -0.15) is 0 Å². The van der Waals surface area contributed by atoms with Crippen molar-refractivity contribution in [1.29, 1.82) is 0 Å². The van der Waals surface area contributed by atoms with E-state index in [0.29, 0.717) is 12.5 Å². The molecule has 6 nitrogen and oxygen atoms in total. The van der Waals surface area contributed by atoms with Crippen LogP contribution in [0, 0.1) is 6.92 Å². The van der Waals surface area contributed by atoms with Crippen LogP contribution in [0.4, 0.5) is 0 Å². The molecule has 1 heterocycles. The summed E-state index contributed by atoms with van der Waals surface area (Å²) in [5.74, 6) is 0.605. The van der Waals surface area contributed by atoms with Crippen molar-refractivity contribution in [2.45, 2.75) is 26.3 Å². The number of aromatic nitrogens is 1. The van der Waals surface area contributed by atoms with Crippen LogP contribution in [0.5, 0.6) is 0 Å². The molecule has 3 rings (SSSR count). The smallest absolute Gasteiger partial charge is 0.243 e. The van der Waals surface area contributed by atoms with Gasteiger partial charge < -0.3 is 20.5 Å². The van der Waals surface area contributed by atoms with Crippen molar-refractivity contribution in [1.82, 2.24) is 20.5 Å². The lowest BCUT2D eigenvalue weighted by Crippen LogP contribution is -2.40. The summed E-state index contributed by atoms with van der Waals surface area (Å²) in [6.07, 6.45) is 2.93. The summed E-state index contributed by atoms with van der Waals surface area (Å²) in [6.45, 7) is 5.04. The van der Waals surface area contributed by atoms with Crippen LogP contribution in [0.25, 0.3) is 10.9 Å². The fourth-order valence-electron chi connectivity index (χ4n) is 3.43. The average molecular weight is 533 g/mol. The number of H-pyrrole nitrogens is 1. The number of benzene rings is 2. The Hall–Kier alpha value is -2.55. The predicted molar refractivity (Wildman–Crippen MR) is 139 cm³/mol. The van der Waals surface area contributed by atoms with Gasteiger partial charge in [0.15, 0.2) is 5.96 Å². The van der Waals surface area contributed by atoms with Gasteiger partial charge in [0.2, 0.25) is 5.91 Å². The van der Waals surface area contributed by atoms with E-state index in [2.05, 4.69) is 71.0 Å². The topological polar surface area (TPSA) is 72.5 Å². The van der Waals surface area contributed by atoms with Gasteiger partial charge in [0, 0.05) is 37.7 Å². The van der Waals surface area contributed by atoms with E-state index >= 15 is 0 Å². The maximum absolute atomic E-state index is 12.0. The first-order valence-corrected chi connectivity index (χ1v) is 10.3. The minimum absolute atomic E-state index is 0. The molecule has 31 heavy (non-hydrogen) atoms. The molecular weight excluding hydrogens is 501 g/mol. The van der Waals surface area contributed by atoms with E-state index in [1.807, 2.05) is 18.2 Å². The molecule has 1 amide bonds. The van der Waals surface area contributed by atoms with Crippen molar-refractivity contribution in [3.05, 3.63) is 71.4 Å². The van der Waals surface area contributed by atoms with Crippen LogP contribution < -0.4 is 10.6 Å². The number of aliphatic imine (C=N–C) groups is 1. The molecule has 0 saturated heterocycles. The quantitative estimate of drug-likeness (QED) is 0.244. The minimum atomic E-state index is -0.0317. The molecule has 166 valence electrons. The highest BCUT2D eigenvalue weighted by Gasteiger charge is 2.11. The number of halogens is 1. The fraction of sp³-hybridized carbons (Fsp3) is 0.333. The number of aryl methyl sites for hydroxylation is 1. The van der Waals surface area contributed by atoms with Crippen LogP contribution in [0.3, 0.4) is 0 Å². The third-order valence-electron chi connectivity index (χ3n) is 5.21. The lowest BCUT2D eigenvalue weighted by molar-refractivity contribution is -0.127. The van der Waals surface area contributed by atoms with Crippen LogP contribution in [0.2, 0.25) is 0 Å². The molecule has 2 aromatic carbocycles. The van der Waals surface area contributed by atoms with Gasteiger partial charge in [-0.05, 0) is 43.0 Å². The van der Waals surface area contributed by atoms with E-state index in [0.717, 1.165) is 17.5 Å². The molecule has 7 heteroatoms. The van der Waals surface area contributed by atoms with Crippen LogP contribution in [0.1, 0.15) is 29.7 Å². The second kappa shape index (κ2) is 11.7. The normalized spacial score (nSPS) is 12.2. The number of guanidine groups is 1. The van der Waals surface area contributed by atoms with Crippen LogP contribution in [-0.2, 0) is 11.2 Å². The van der Waals surface area contributed by atoms with Gasteiger partial charge in [-0.1, -0.05) is 42.5 Å². The van der Waals surface area contributed by atoms with Crippen molar-refractivity contribution in [3.63, 3.8) is 0 Å². The Morgan fingerprint density at radius 3 is 2.58 bits per heavy atom. The average Bonchev–Trinajstić information content (AvgIpc) is 3.16. The van der Waals surface area contributed by atoms with Gasteiger partial charge in [0.25, 0.3) is 0 Å². The molecule has 0 bridgehead atoms. The monoisotopic (exact) mass is 533 g/mol. The number of aromatic amines is 1. The fourth-order valence-corrected chi connectivity index (χ4v) is 3.43. The molecule has 1 aromatic heterocycles. The van der Waals surface area contributed by atoms with E-state index in [1.54, 1.807) is 19.0 Å². The minimum Gasteiger partial charge on any atom is -0.361 e. The Bertz CT molecular complexity index is 1010. The summed E-state index contributed by atoms with van der Waals surface area (Å²) in [6, 6.07) is 16.6. The van der Waals surface area contributed by atoms with Crippen molar-refractivity contribution in [2.75, 3.05) is 27.2 Å². The lowest BCUT2D eigenvalue weighted by Gasteiger charge is -2.19. The van der Waals surface area contributed by atoms with Crippen LogP contribution in [-0.4, -0.2) is 48.9 Å². The number of hydrogen-bond acceptors (Lipinski definition) is 2. The number of carbonyl (C=O) groups is 1. The van der Waals surface area contributed by atoms with Gasteiger partial charge >= 0.3 is 0 Å². The Balaban J connectivity index is 0.00000341. The third kappa shape index (κ3) is 6.72. The Morgan fingerprint density at radius 2 is 1.87 bits per heavy atom. The maximum atomic E-state index is 12.0. The van der Waals surface area contributed by atoms with Gasteiger partial charge in [-0.25, -0.2) is 4.99 Å². The Kier molecular flexibility index (Phi) is 9.36. The molecule has 3 N–H and O–H groups in total. The summed E-state index contributed by atoms with van der Waals surface area (Å²) in [7, 11) is 3.48. The van der Waals surface area contributed by atoms with E-state index < -0.39 is 0 Å². The predicted octanol–water partition coefficient (Wildman–Crippen LogP) is 4.02. The van der Waals surface area contributed by atoms with Crippen molar-refractivity contribution in [3.8, 4) is 0 Å². The van der Waals surface area contributed by atoms with Crippen LogP contribution in [0.15, 0.2) is 59.7 Å². The van der Waals surface area contributed by atoms with Crippen molar-refractivity contribution >= 4 is 46.7 Å². The number of fused-ring (bicyclic) bond motifs is 1. The number of hydrogen-bond donors (Lipinski definition) is 3. The number of amides is 1.